The van der Waals surface area contributed by atoms with Gasteiger partial charge in [0, 0.05) is 35.3 Å². The summed E-state index contributed by atoms with van der Waals surface area (Å²) in [5.41, 5.74) is 2.60. The fourth-order valence-corrected chi connectivity index (χ4v) is 5.03. The number of phenols is 1. The number of amides is 1. The van der Waals surface area contributed by atoms with Crippen molar-refractivity contribution in [3.63, 3.8) is 0 Å². The van der Waals surface area contributed by atoms with E-state index in [-0.39, 0.29) is 11.7 Å². The van der Waals surface area contributed by atoms with Crippen LogP contribution in [-0.2, 0) is 0 Å². The SMILES string of the molecule is O=C(c1csc(-c2cccs2)n1)N1N=C(c2cccnc2)CC1c1ccccc1O. The molecule has 1 aliphatic rings. The number of hydrazone groups is 1. The van der Waals surface area contributed by atoms with Crippen molar-refractivity contribution in [2.75, 3.05) is 0 Å². The molecule has 1 amide bonds. The molecule has 0 saturated heterocycles. The average Bonchev–Trinajstić information content (AvgIpc) is 3.54. The molecule has 8 heteroatoms. The molecule has 4 heterocycles. The number of carbonyl (C=O) groups is 1. The Balaban J connectivity index is 1.52. The number of benzene rings is 1. The minimum Gasteiger partial charge on any atom is -0.508 e. The van der Waals surface area contributed by atoms with Crippen LogP contribution in [0.1, 0.15) is 34.1 Å². The average molecular weight is 433 g/mol. The van der Waals surface area contributed by atoms with Crippen molar-refractivity contribution >= 4 is 34.3 Å². The van der Waals surface area contributed by atoms with Gasteiger partial charge in [0.15, 0.2) is 0 Å². The van der Waals surface area contributed by atoms with E-state index in [4.69, 9.17) is 0 Å². The number of phenolic OH excluding ortho intramolecular Hbond substituents is 1. The molecule has 0 bridgehead atoms. The third-order valence-corrected chi connectivity index (χ3v) is 6.75. The first-order valence-corrected chi connectivity index (χ1v) is 11.1. The maximum Gasteiger partial charge on any atom is 0.294 e. The fraction of sp³-hybridized carbons (Fsp3) is 0.0909. The molecule has 148 valence electrons. The number of rotatable bonds is 4. The molecule has 5 rings (SSSR count). The lowest BCUT2D eigenvalue weighted by Crippen LogP contribution is -2.27. The molecule has 0 fully saturated rings. The topological polar surface area (TPSA) is 78.7 Å². The standard InChI is InChI=1S/C22H16N4O2S2/c27-19-7-2-1-6-15(19)18-11-16(14-5-3-9-23-12-14)25-26(18)22(28)17-13-30-21(24-17)20-8-4-10-29-20/h1-10,12-13,18,27H,11H2. The van der Waals surface area contributed by atoms with Crippen LogP contribution < -0.4 is 0 Å². The van der Waals surface area contributed by atoms with E-state index in [1.807, 2.05) is 41.8 Å². The van der Waals surface area contributed by atoms with Crippen LogP contribution in [0.25, 0.3) is 9.88 Å². The molecule has 3 aromatic heterocycles. The number of hydrogen-bond donors (Lipinski definition) is 1. The molecule has 1 unspecified atom stereocenters. The second kappa shape index (κ2) is 7.81. The van der Waals surface area contributed by atoms with E-state index >= 15 is 0 Å². The summed E-state index contributed by atoms with van der Waals surface area (Å²) in [6.45, 7) is 0. The Labute approximate surface area is 180 Å². The van der Waals surface area contributed by atoms with Gasteiger partial charge in [0.25, 0.3) is 5.91 Å². The van der Waals surface area contributed by atoms with Gasteiger partial charge >= 0.3 is 0 Å². The highest BCUT2D eigenvalue weighted by Crippen LogP contribution is 2.38. The molecule has 0 saturated carbocycles. The second-order valence-electron chi connectivity index (χ2n) is 6.73. The van der Waals surface area contributed by atoms with Crippen molar-refractivity contribution < 1.29 is 9.90 Å². The van der Waals surface area contributed by atoms with Gasteiger partial charge in [-0.3, -0.25) is 9.78 Å². The molecule has 30 heavy (non-hydrogen) atoms. The van der Waals surface area contributed by atoms with E-state index < -0.39 is 6.04 Å². The van der Waals surface area contributed by atoms with Crippen molar-refractivity contribution in [3.8, 4) is 15.6 Å². The van der Waals surface area contributed by atoms with E-state index in [0.717, 1.165) is 21.2 Å². The Kier molecular flexibility index (Phi) is 4.86. The number of thiazole rings is 1. The number of aromatic nitrogens is 2. The molecule has 0 spiro atoms. The molecular weight excluding hydrogens is 416 g/mol. The normalized spacial score (nSPS) is 15.9. The van der Waals surface area contributed by atoms with Crippen LogP contribution in [0.15, 0.2) is 76.8 Å². The minimum atomic E-state index is -0.416. The molecular formula is C22H16N4O2S2. The maximum absolute atomic E-state index is 13.4. The number of nitrogens with zero attached hydrogens (tertiary/aromatic N) is 4. The maximum atomic E-state index is 13.4. The van der Waals surface area contributed by atoms with Gasteiger partial charge in [-0.2, -0.15) is 5.10 Å². The van der Waals surface area contributed by atoms with Crippen LogP contribution in [-0.4, -0.2) is 31.7 Å². The highest BCUT2D eigenvalue weighted by Gasteiger charge is 2.36. The molecule has 4 aromatic rings. The van der Waals surface area contributed by atoms with Crippen molar-refractivity contribution in [2.24, 2.45) is 5.10 Å². The summed E-state index contributed by atoms with van der Waals surface area (Å²) in [5.74, 6) is -0.151. The largest absolute Gasteiger partial charge is 0.508 e. The lowest BCUT2D eigenvalue weighted by Gasteiger charge is -2.22. The smallest absolute Gasteiger partial charge is 0.294 e. The highest BCUT2D eigenvalue weighted by molar-refractivity contribution is 7.20. The van der Waals surface area contributed by atoms with E-state index in [1.54, 1.807) is 41.2 Å². The number of hydrogen-bond acceptors (Lipinski definition) is 7. The first kappa shape index (κ1) is 18.7. The molecule has 0 aliphatic carbocycles. The van der Waals surface area contributed by atoms with E-state index in [2.05, 4.69) is 15.1 Å². The highest BCUT2D eigenvalue weighted by atomic mass is 32.1. The zero-order valence-corrected chi connectivity index (χ0v) is 17.3. The summed E-state index contributed by atoms with van der Waals surface area (Å²) in [4.78, 5) is 23.1. The first-order valence-electron chi connectivity index (χ1n) is 9.29. The van der Waals surface area contributed by atoms with Gasteiger partial charge in [0.1, 0.15) is 16.5 Å². The van der Waals surface area contributed by atoms with Gasteiger partial charge in [-0.15, -0.1) is 22.7 Å². The van der Waals surface area contributed by atoms with Crippen LogP contribution in [0.2, 0.25) is 0 Å². The van der Waals surface area contributed by atoms with Crippen molar-refractivity contribution in [2.45, 2.75) is 12.5 Å². The summed E-state index contributed by atoms with van der Waals surface area (Å²) in [5, 5.41) is 21.0. The van der Waals surface area contributed by atoms with Crippen molar-refractivity contribution in [3.05, 3.63) is 88.5 Å². The Hall–Kier alpha value is -3.36. The van der Waals surface area contributed by atoms with Gasteiger partial charge in [-0.05, 0) is 23.6 Å². The van der Waals surface area contributed by atoms with Crippen LogP contribution in [0.5, 0.6) is 5.75 Å². The predicted octanol–water partition coefficient (Wildman–Crippen LogP) is 4.96. The Morgan fingerprint density at radius 1 is 1.10 bits per heavy atom. The number of aromatic hydroxyl groups is 1. The zero-order valence-electron chi connectivity index (χ0n) is 15.7. The van der Waals surface area contributed by atoms with Crippen molar-refractivity contribution in [1.29, 1.82) is 0 Å². The summed E-state index contributed by atoms with van der Waals surface area (Å²) in [7, 11) is 0. The monoisotopic (exact) mass is 432 g/mol. The van der Waals surface area contributed by atoms with E-state index in [1.165, 1.54) is 16.3 Å². The molecule has 1 aromatic carbocycles. The van der Waals surface area contributed by atoms with Crippen LogP contribution >= 0.6 is 22.7 Å². The number of carbonyl (C=O) groups excluding carboxylic acids is 1. The number of para-hydroxylation sites is 1. The minimum absolute atomic E-state index is 0.139. The predicted molar refractivity (Wildman–Crippen MR) is 118 cm³/mol. The molecule has 1 atom stereocenters. The lowest BCUT2D eigenvalue weighted by molar-refractivity contribution is 0.0704. The summed E-state index contributed by atoms with van der Waals surface area (Å²) in [6.07, 6.45) is 3.91. The Morgan fingerprint density at radius 3 is 2.77 bits per heavy atom. The zero-order chi connectivity index (χ0) is 20.5. The lowest BCUT2D eigenvalue weighted by atomic mass is 9.98. The van der Waals surface area contributed by atoms with Gasteiger partial charge < -0.3 is 5.11 Å². The molecule has 1 N–H and O–H groups in total. The first-order chi connectivity index (χ1) is 14.7. The number of pyridine rings is 1. The Morgan fingerprint density at radius 2 is 2.00 bits per heavy atom. The van der Waals surface area contributed by atoms with Crippen LogP contribution in [0, 0.1) is 0 Å². The van der Waals surface area contributed by atoms with Crippen LogP contribution in [0.4, 0.5) is 0 Å². The molecule has 0 radical (unpaired) electrons. The third kappa shape index (κ3) is 3.40. The Bertz CT molecular complexity index is 1220. The number of thiophene rings is 1. The molecule has 6 nitrogen and oxygen atoms in total. The van der Waals surface area contributed by atoms with Gasteiger partial charge in [0.2, 0.25) is 0 Å². The quantitative estimate of drug-likeness (QED) is 0.494. The van der Waals surface area contributed by atoms with E-state index in [0.29, 0.717) is 17.7 Å². The summed E-state index contributed by atoms with van der Waals surface area (Å²) < 4.78 is 0. The fourth-order valence-electron chi connectivity index (χ4n) is 3.42. The van der Waals surface area contributed by atoms with Gasteiger partial charge in [-0.25, -0.2) is 9.99 Å². The summed E-state index contributed by atoms with van der Waals surface area (Å²) >= 11 is 3.02. The molecule has 1 aliphatic heterocycles. The van der Waals surface area contributed by atoms with Gasteiger partial charge in [0.05, 0.1) is 16.6 Å². The third-order valence-electron chi connectivity index (χ3n) is 4.86. The van der Waals surface area contributed by atoms with Crippen LogP contribution in [0.3, 0.4) is 0 Å². The van der Waals surface area contributed by atoms with Crippen molar-refractivity contribution in [1.82, 2.24) is 15.0 Å². The second-order valence-corrected chi connectivity index (χ2v) is 8.54. The van der Waals surface area contributed by atoms with Gasteiger partial charge in [-0.1, -0.05) is 30.3 Å². The summed E-state index contributed by atoms with van der Waals surface area (Å²) in [6, 6.07) is 14.3. The van der Waals surface area contributed by atoms with E-state index in [9.17, 15) is 9.90 Å².